The Balaban J connectivity index is 1.60. The summed E-state index contributed by atoms with van der Waals surface area (Å²) in [5, 5.41) is 3.61. The smallest absolute Gasteiger partial charge is 0.126 e. The number of nitrogens with one attached hydrogen (secondary N) is 1. The third kappa shape index (κ3) is 3.26. The molecule has 0 saturated heterocycles. The van der Waals surface area contributed by atoms with Crippen molar-refractivity contribution in [3.05, 3.63) is 71.5 Å². The summed E-state index contributed by atoms with van der Waals surface area (Å²) in [5.74, 6) is 0.648. The Kier molecular flexibility index (Phi) is 4.12. The summed E-state index contributed by atoms with van der Waals surface area (Å²) in [6, 6.07) is 18.0. The Morgan fingerprint density at radius 3 is 2.40 bits per heavy atom. The monoisotopic (exact) mass is 269 g/mol. The molecule has 0 heterocycles. The average molecular weight is 269 g/mol. The van der Waals surface area contributed by atoms with E-state index in [-0.39, 0.29) is 5.82 Å². The maximum atomic E-state index is 13.6. The van der Waals surface area contributed by atoms with Crippen LogP contribution >= 0.6 is 0 Å². The molecular weight excluding hydrogens is 249 g/mol. The molecule has 3 rings (SSSR count). The summed E-state index contributed by atoms with van der Waals surface area (Å²) in [5.41, 5.74) is 2.14. The molecule has 0 aromatic heterocycles. The molecule has 1 aliphatic carbocycles. The molecule has 1 unspecified atom stereocenters. The summed E-state index contributed by atoms with van der Waals surface area (Å²) in [7, 11) is 0. The van der Waals surface area contributed by atoms with Crippen molar-refractivity contribution in [2.75, 3.05) is 6.54 Å². The van der Waals surface area contributed by atoms with Crippen LogP contribution in [0.3, 0.4) is 0 Å². The number of hydrogen-bond acceptors (Lipinski definition) is 1. The zero-order valence-corrected chi connectivity index (χ0v) is 11.6. The van der Waals surface area contributed by atoms with E-state index in [2.05, 4.69) is 29.6 Å². The van der Waals surface area contributed by atoms with Crippen LogP contribution < -0.4 is 5.32 Å². The third-order valence-electron chi connectivity index (χ3n) is 3.97. The molecule has 2 aromatic rings. The number of halogens is 1. The highest BCUT2D eigenvalue weighted by Gasteiger charge is 2.31. The zero-order chi connectivity index (χ0) is 13.8. The fourth-order valence-corrected chi connectivity index (χ4v) is 2.71. The zero-order valence-electron chi connectivity index (χ0n) is 11.6. The van der Waals surface area contributed by atoms with E-state index in [1.807, 2.05) is 18.2 Å². The predicted molar refractivity (Wildman–Crippen MR) is 80.0 cm³/mol. The predicted octanol–water partition coefficient (Wildman–Crippen LogP) is 4.11. The van der Waals surface area contributed by atoms with Crippen molar-refractivity contribution in [1.29, 1.82) is 0 Å². The molecule has 104 valence electrons. The van der Waals surface area contributed by atoms with Gasteiger partial charge < -0.3 is 5.32 Å². The van der Waals surface area contributed by atoms with E-state index in [1.54, 1.807) is 6.07 Å². The summed E-state index contributed by atoms with van der Waals surface area (Å²) in [6.45, 7) is 0.816. The molecule has 1 nitrogen and oxygen atoms in total. The molecule has 1 aliphatic rings. The van der Waals surface area contributed by atoms with E-state index in [9.17, 15) is 4.39 Å². The van der Waals surface area contributed by atoms with Gasteiger partial charge in [0, 0.05) is 6.04 Å². The minimum absolute atomic E-state index is 0.100. The van der Waals surface area contributed by atoms with Crippen LogP contribution in [0.5, 0.6) is 0 Å². The quantitative estimate of drug-likeness (QED) is 0.832. The van der Waals surface area contributed by atoms with Crippen LogP contribution in [0.4, 0.5) is 4.39 Å². The van der Waals surface area contributed by atoms with Gasteiger partial charge in [0.2, 0.25) is 0 Å². The highest BCUT2D eigenvalue weighted by molar-refractivity contribution is 5.22. The number of benzene rings is 2. The first kappa shape index (κ1) is 13.3. The molecule has 1 N–H and O–H groups in total. The molecular formula is C18H20FN. The van der Waals surface area contributed by atoms with Gasteiger partial charge in [0.25, 0.3) is 0 Å². The fourth-order valence-electron chi connectivity index (χ4n) is 2.71. The molecule has 0 spiro atoms. The van der Waals surface area contributed by atoms with E-state index in [0.717, 1.165) is 24.4 Å². The number of rotatable bonds is 6. The van der Waals surface area contributed by atoms with Crippen molar-refractivity contribution >= 4 is 0 Å². The topological polar surface area (TPSA) is 12.0 Å². The molecule has 1 fully saturated rings. The highest BCUT2D eigenvalue weighted by Crippen LogP contribution is 2.40. The summed E-state index contributed by atoms with van der Waals surface area (Å²) < 4.78 is 13.6. The van der Waals surface area contributed by atoms with Crippen LogP contribution in [0.25, 0.3) is 0 Å². The van der Waals surface area contributed by atoms with Crippen LogP contribution in [-0.4, -0.2) is 6.54 Å². The van der Waals surface area contributed by atoms with Crippen molar-refractivity contribution < 1.29 is 4.39 Å². The van der Waals surface area contributed by atoms with Gasteiger partial charge >= 0.3 is 0 Å². The van der Waals surface area contributed by atoms with Crippen LogP contribution in [0, 0.1) is 11.7 Å². The van der Waals surface area contributed by atoms with Crippen LogP contribution in [-0.2, 0) is 6.42 Å². The summed E-state index contributed by atoms with van der Waals surface area (Å²) >= 11 is 0. The Hall–Kier alpha value is -1.67. The maximum absolute atomic E-state index is 13.6. The second kappa shape index (κ2) is 6.19. The van der Waals surface area contributed by atoms with Crippen molar-refractivity contribution in [2.45, 2.75) is 25.3 Å². The van der Waals surface area contributed by atoms with Gasteiger partial charge in [-0.3, -0.25) is 0 Å². The average Bonchev–Trinajstić information content (AvgIpc) is 3.31. The van der Waals surface area contributed by atoms with Gasteiger partial charge in [-0.15, -0.1) is 0 Å². The third-order valence-corrected chi connectivity index (χ3v) is 3.97. The highest BCUT2D eigenvalue weighted by atomic mass is 19.1. The maximum Gasteiger partial charge on any atom is 0.126 e. The van der Waals surface area contributed by atoms with Crippen LogP contribution in [0.15, 0.2) is 54.6 Å². The van der Waals surface area contributed by atoms with Crippen molar-refractivity contribution in [3.63, 3.8) is 0 Å². The molecule has 0 radical (unpaired) electrons. The van der Waals surface area contributed by atoms with Gasteiger partial charge in [0.1, 0.15) is 5.82 Å². The van der Waals surface area contributed by atoms with Gasteiger partial charge in [-0.25, -0.2) is 4.39 Å². The Bertz CT molecular complexity index is 548. The lowest BCUT2D eigenvalue weighted by atomic mass is 10.0. The molecule has 0 amide bonds. The lowest BCUT2D eigenvalue weighted by molar-refractivity contribution is 0.481. The Labute approximate surface area is 119 Å². The second-order valence-corrected chi connectivity index (χ2v) is 5.52. The standard InChI is InChI=1S/C18H20FN/c19-17-9-5-4-6-14(17)12-13-20-18(16-10-11-16)15-7-2-1-3-8-15/h1-9,16,18,20H,10-13H2. The molecule has 2 heteroatoms. The van der Waals surface area contributed by atoms with Crippen molar-refractivity contribution in [2.24, 2.45) is 5.92 Å². The first-order chi connectivity index (χ1) is 9.84. The molecule has 2 aromatic carbocycles. The summed E-state index contributed by atoms with van der Waals surface area (Å²) in [4.78, 5) is 0. The van der Waals surface area contributed by atoms with E-state index in [1.165, 1.54) is 24.5 Å². The van der Waals surface area contributed by atoms with Gasteiger partial charge in [-0.05, 0) is 48.9 Å². The second-order valence-electron chi connectivity index (χ2n) is 5.52. The van der Waals surface area contributed by atoms with Gasteiger partial charge in [0.15, 0.2) is 0 Å². The van der Waals surface area contributed by atoms with E-state index in [0.29, 0.717) is 6.04 Å². The lowest BCUT2D eigenvalue weighted by Gasteiger charge is -2.19. The van der Waals surface area contributed by atoms with Crippen molar-refractivity contribution in [1.82, 2.24) is 5.32 Å². The van der Waals surface area contributed by atoms with E-state index in [4.69, 9.17) is 0 Å². The lowest BCUT2D eigenvalue weighted by Crippen LogP contribution is -2.25. The normalized spacial score (nSPS) is 16.1. The first-order valence-electron chi connectivity index (χ1n) is 7.36. The SMILES string of the molecule is Fc1ccccc1CCNC(c1ccccc1)C1CC1. The largest absolute Gasteiger partial charge is 0.309 e. The molecule has 1 atom stereocenters. The first-order valence-corrected chi connectivity index (χ1v) is 7.36. The fraction of sp³-hybridized carbons (Fsp3) is 0.333. The molecule has 1 saturated carbocycles. The van der Waals surface area contributed by atoms with E-state index >= 15 is 0 Å². The van der Waals surface area contributed by atoms with Gasteiger partial charge in [0.05, 0.1) is 0 Å². The minimum atomic E-state index is -0.100. The molecule has 0 bridgehead atoms. The van der Waals surface area contributed by atoms with Gasteiger partial charge in [-0.1, -0.05) is 48.5 Å². The van der Waals surface area contributed by atoms with Crippen LogP contribution in [0.2, 0.25) is 0 Å². The van der Waals surface area contributed by atoms with Crippen LogP contribution in [0.1, 0.15) is 30.0 Å². The van der Waals surface area contributed by atoms with Gasteiger partial charge in [-0.2, -0.15) is 0 Å². The molecule has 20 heavy (non-hydrogen) atoms. The Morgan fingerprint density at radius 1 is 1.00 bits per heavy atom. The Morgan fingerprint density at radius 2 is 1.70 bits per heavy atom. The molecule has 0 aliphatic heterocycles. The number of hydrogen-bond donors (Lipinski definition) is 1. The minimum Gasteiger partial charge on any atom is -0.309 e. The van der Waals surface area contributed by atoms with E-state index < -0.39 is 0 Å². The van der Waals surface area contributed by atoms with Crippen molar-refractivity contribution in [3.8, 4) is 0 Å². The summed E-state index contributed by atoms with van der Waals surface area (Å²) in [6.07, 6.45) is 3.33.